The fraction of sp³-hybridized carbons (Fsp3) is 0.600. The summed E-state index contributed by atoms with van der Waals surface area (Å²) in [4.78, 5) is 4.87. The zero-order valence-corrected chi connectivity index (χ0v) is 12.7. The highest BCUT2D eigenvalue weighted by Crippen LogP contribution is 2.28. The van der Waals surface area contributed by atoms with Crippen LogP contribution in [0.1, 0.15) is 18.9 Å². The molecular formula is C15H24ClN3. The molecule has 1 heterocycles. The van der Waals surface area contributed by atoms with Gasteiger partial charge in [-0.15, -0.1) is 0 Å². The monoisotopic (exact) mass is 281 g/mol. The second kappa shape index (κ2) is 7.13. The van der Waals surface area contributed by atoms with Crippen LogP contribution in [-0.2, 0) is 6.54 Å². The lowest BCUT2D eigenvalue weighted by atomic mass is 10.1. The van der Waals surface area contributed by atoms with E-state index in [1.807, 2.05) is 6.07 Å². The third-order valence-electron chi connectivity index (χ3n) is 3.71. The average Bonchev–Trinajstić information content (AvgIpc) is 2.62. The lowest BCUT2D eigenvalue weighted by Gasteiger charge is -2.26. The second-order valence-corrected chi connectivity index (χ2v) is 5.57. The molecule has 106 valence electrons. The lowest BCUT2D eigenvalue weighted by molar-refractivity contribution is 0.360. The first-order chi connectivity index (χ1) is 9.22. The van der Waals surface area contributed by atoms with E-state index in [1.165, 1.54) is 24.2 Å². The molecule has 3 nitrogen and oxygen atoms in total. The number of halogens is 1. The minimum atomic E-state index is 0.845. The van der Waals surface area contributed by atoms with Crippen molar-refractivity contribution in [1.29, 1.82) is 0 Å². The molecule has 0 aliphatic carbocycles. The van der Waals surface area contributed by atoms with Gasteiger partial charge in [-0.25, -0.2) is 0 Å². The minimum absolute atomic E-state index is 0.845. The number of likely N-dealkylation sites (N-methyl/N-ethyl adjacent to an activating group) is 1. The largest absolute Gasteiger partial charge is 0.370 e. The van der Waals surface area contributed by atoms with Crippen molar-refractivity contribution in [2.75, 3.05) is 44.7 Å². The summed E-state index contributed by atoms with van der Waals surface area (Å²) in [5.41, 5.74) is 2.53. The van der Waals surface area contributed by atoms with Gasteiger partial charge in [-0.3, -0.25) is 0 Å². The Morgan fingerprint density at radius 2 is 2.05 bits per heavy atom. The van der Waals surface area contributed by atoms with Gasteiger partial charge in [0.1, 0.15) is 0 Å². The average molecular weight is 282 g/mol. The molecule has 1 fully saturated rings. The van der Waals surface area contributed by atoms with Gasteiger partial charge in [-0.2, -0.15) is 0 Å². The lowest BCUT2D eigenvalue weighted by Crippen LogP contribution is -2.30. The van der Waals surface area contributed by atoms with Crippen LogP contribution in [0.5, 0.6) is 0 Å². The Morgan fingerprint density at radius 3 is 2.84 bits per heavy atom. The van der Waals surface area contributed by atoms with Crippen LogP contribution in [0.25, 0.3) is 0 Å². The summed E-state index contributed by atoms with van der Waals surface area (Å²) in [5.74, 6) is 0. The highest BCUT2D eigenvalue weighted by Gasteiger charge is 2.16. The Kier molecular flexibility index (Phi) is 5.49. The zero-order valence-electron chi connectivity index (χ0n) is 12.0. The SMILES string of the molecule is CCNCc1c(Cl)cccc1N1CCCN(C)CC1. The first-order valence-electron chi connectivity index (χ1n) is 7.14. The predicted molar refractivity (Wildman–Crippen MR) is 83.2 cm³/mol. The van der Waals surface area contributed by atoms with Crippen LogP contribution in [0.15, 0.2) is 18.2 Å². The Morgan fingerprint density at radius 1 is 1.21 bits per heavy atom. The first-order valence-corrected chi connectivity index (χ1v) is 7.51. The van der Waals surface area contributed by atoms with Crippen LogP contribution in [0.2, 0.25) is 5.02 Å². The Labute approximate surface area is 121 Å². The first kappa shape index (κ1) is 14.6. The maximum Gasteiger partial charge on any atom is 0.0471 e. The molecule has 4 heteroatoms. The normalized spacial score (nSPS) is 17.5. The topological polar surface area (TPSA) is 18.5 Å². The zero-order chi connectivity index (χ0) is 13.7. The van der Waals surface area contributed by atoms with Gasteiger partial charge in [-0.1, -0.05) is 24.6 Å². The molecule has 0 spiro atoms. The summed E-state index contributed by atoms with van der Waals surface area (Å²) in [6, 6.07) is 6.24. The van der Waals surface area contributed by atoms with Crippen LogP contribution < -0.4 is 10.2 Å². The summed E-state index contributed by atoms with van der Waals surface area (Å²) < 4.78 is 0. The van der Waals surface area contributed by atoms with Gasteiger partial charge in [0.2, 0.25) is 0 Å². The van der Waals surface area contributed by atoms with E-state index in [1.54, 1.807) is 0 Å². The molecule has 0 unspecified atom stereocenters. The van der Waals surface area contributed by atoms with Gasteiger partial charge in [-0.05, 0) is 38.7 Å². The standard InChI is InChI=1S/C15H24ClN3/c1-3-17-12-13-14(16)6-4-7-15(13)19-9-5-8-18(2)10-11-19/h4,6-7,17H,3,5,8-12H2,1-2H3. The van der Waals surface area contributed by atoms with Crippen molar-refractivity contribution < 1.29 is 0 Å². The van der Waals surface area contributed by atoms with E-state index in [0.717, 1.165) is 37.7 Å². The Balaban J connectivity index is 2.20. The third-order valence-corrected chi connectivity index (χ3v) is 4.06. The predicted octanol–water partition coefficient (Wildman–Crippen LogP) is 2.59. The van der Waals surface area contributed by atoms with E-state index in [0.29, 0.717) is 0 Å². The highest BCUT2D eigenvalue weighted by atomic mass is 35.5. The fourth-order valence-corrected chi connectivity index (χ4v) is 2.79. The molecule has 1 aliphatic heterocycles. The highest BCUT2D eigenvalue weighted by molar-refractivity contribution is 6.31. The smallest absolute Gasteiger partial charge is 0.0471 e. The molecule has 0 amide bonds. The molecule has 19 heavy (non-hydrogen) atoms. The van der Waals surface area contributed by atoms with Gasteiger partial charge in [0.05, 0.1) is 0 Å². The third kappa shape index (κ3) is 3.85. The van der Waals surface area contributed by atoms with Gasteiger partial charge in [0.15, 0.2) is 0 Å². The van der Waals surface area contributed by atoms with Gasteiger partial charge in [0, 0.05) is 42.5 Å². The van der Waals surface area contributed by atoms with Crippen molar-refractivity contribution in [3.63, 3.8) is 0 Å². The van der Waals surface area contributed by atoms with Crippen molar-refractivity contribution in [2.45, 2.75) is 19.9 Å². The maximum absolute atomic E-state index is 6.38. The van der Waals surface area contributed by atoms with Crippen LogP contribution in [-0.4, -0.2) is 44.7 Å². The van der Waals surface area contributed by atoms with E-state index in [-0.39, 0.29) is 0 Å². The van der Waals surface area contributed by atoms with Crippen LogP contribution in [0.3, 0.4) is 0 Å². The van der Waals surface area contributed by atoms with E-state index in [2.05, 4.69) is 41.2 Å². The summed E-state index contributed by atoms with van der Waals surface area (Å²) in [5, 5.41) is 4.26. The summed E-state index contributed by atoms with van der Waals surface area (Å²) >= 11 is 6.38. The number of nitrogens with zero attached hydrogens (tertiary/aromatic N) is 2. The van der Waals surface area contributed by atoms with E-state index in [4.69, 9.17) is 11.6 Å². The number of benzene rings is 1. The quantitative estimate of drug-likeness (QED) is 0.915. The molecule has 1 saturated heterocycles. The molecule has 1 aromatic rings. The molecule has 2 rings (SSSR count). The molecule has 1 aromatic carbocycles. The van der Waals surface area contributed by atoms with E-state index < -0.39 is 0 Å². The van der Waals surface area contributed by atoms with E-state index >= 15 is 0 Å². The van der Waals surface area contributed by atoms with Crippen LogP contribution >= 0.6 is 11.6 Å². The van der Waals surface area contributed by atoms with Crippen molar-refractivity contribution in [2.24, 2.45) is 0 Å². The molecule has 0 atom stereocenters. The molecule has 0 bridgehead atoms. The second-order valence-electron chi connectivity index (χ2n) is 5.16. The van der Waals surface area contributed by atoms with Crippen molar-refractivity contribution in [1.82, 2.24) is 10.2 Å². The van der Waals surface area contributed by atoms with Crippen LogP contribution in [0.4, 0.5) is 5.69 Å². The van der Waals surface area contributed by atoms with Crippen molar-refractivity contribution in [3.8, 4) is 0 Å². The number of nitrogens with one attached hydrogen (secondary N) is 1. The summed E-state index contributed by atoms with van der Waals surface area (Å²) in [7, 11) is 2.20. The molecule has 1 N–H and O–H groups in total. The van der Waals surface area contributed by atoms with Crippen molar-refractivity contribution in [3.05, 3.63) is 28.8 Å². The maximum atomic E-state index is 6.38. The summed E-state index contributed by atoms with van der Waals surface area (Å²) in [6.07, 6.45) is 1.21. The molecule has 1 aliphatic rings. The fourth-order valence-electron chi connectivity index (χ4n) is 2.56. The number of rotatable bonds is 4. The number of hydrogen-bond donors (Lipinski definition) is 1. The van der Waals surface area contributed by atoms with E-state index in [9.17, 15) is 0 Å². The van der Waals surface area contributed by atoms with Crippen molar-refractivity contribution >= 4 is 17.3 Å². The Bertz CT molecular complexity index is 408. The van der Waals surface area contributed by atoms with Gasteiger partial charge < -0.3 is 15.1 Å². The Hall–Kier alpha value is -0.770. The van der Waals surface area contributed by atoms with Crippen LogP contribution in [0, 0.1) is 0 Å². The number of anilines is 1. The molecule has 0 radical (unpaired) electrons. The van der Waals surface area contributed by atoms with Gasteiger partial charge >= 0.3 is 0 Å². The number of hydrogen-bond acceptors (Lipinski definition) is 3. The molecule has 0 aromatic heterocycles. The minimum Gasteiger partial charge on any atom is -0.370 e. The molecule has 0 saturated carbocycles. The molecular weight excluding hydrogens is 258 g/mol. The van der Waals surface area contributed by atoms with Gasteiger partial charge in [0.25, 0.3) is 0 Å². The summed E-state index contributed by atoms with van der Waals surface area (Å²) in [6.45, 7) is 8.43.